The van der Waals surface area contributed by atoms with Gasteiger partial charge in [0.25, 0.3) is 11.6 Å². The van der Waals surface area contributed by atoms with Crippen molar-refractivity contribution in [3.05, 3.63) is 95.8 Å². The first-order chi connectivity index (χ1) is 18.7. The Balaban J connectivity index is 1.54. The lowest BCUT2D eigenvalue weighted by atomic mass is 10.1. The van der Waals surface area contributed by atoms with E-state index in [9.17, 15) is 23.6 Å². The summed E-state index contributed by atoms with van der Waals surface area (Å²) < 4.78 is 34.4. The van der Waals surface area contributed by atoms with E-state index in [4.69, 9.17) is 21.0 Å². The maximum absolute atomic E-state index is 14.9. The van der Waals surface area contributed by atoms with Gasteiger partial charge < -0.3 is 26.2 Å². The second-order valence-corrected chi connectivity index (χ2v) is 7.97. The summed E-state index contributed by atoms with van der Waals surface area (Å²) in [5, 5.41) is 32.1. The molecule has 13 heteroatoms. The number of ether oxygens (including phenoxy) is 1. The number of hydrogen-bond acceptors (Lipinski definition) is 8. The number of nitrogens with one attached hydrogen (secondary N) is 3. The molecule has 0 aliphatic rings. The van der Waals surface area contributed by atoms with E-state index in [0.717, 1.165) is 6.07 Å². The van der Waals surface area contributed by atoms with Crippen molar-refractivity contribution < 1.29 is 38.2 Å². The zero-order valence-corrected chi connectivity index (χ0v) is 20.0. The van der Waals surface area contributed by atoms with Crippen LogP contribution in [0.2, 0.25) is 0 Å². The lowest BCUT2D eigenvalue weighted by Gasteiger charge is -2.14. The molecule has 0 atom stereocenters. The molecule has 7 N–H and O–H groups in total. The summed E-state index contributed by atoms with van der Waals surface area (Å²) >= 11 is 0. The molecule has 0 radical (unpaired) electrons. The van der Waals surface area contributed by atoms with Gasteiger partial charge in [-0.2, -0.15) is 0 Å². The Labute approximate surface area is 219 Å². The number of carbonyl (C=O) groups is 2. The van der Waals surface area contributed by atoms with Gasteiger partial charge in [-0.3, -0.25) is 20.2 Å². The van der Waals surface area contributed by atoms with E-state index in [2.05, 4.69) is 15.6 Å². The van der Waals surface area contributed by atoms with Crippen LogP contribution in [0.3, 0.4) is 0 Å². The van der Waals surface area contributed by atoms with Crippen LogP contribution in [-0.2, 0) is 4.79 Å². The van der Waals surface area contributed by atoms with E-state index < -0.39 is 35.9 Å². The molecule has 0 saturated carbocycles. The summed E-state index contributed by atoms with van der Waals surface area (Å²) in [6, 6.07) is 14.5. The Morgan fingerprint density at radius 1 is 1.05 bits per heavy atom. The van der Waals surface area contributed by atoms with Gasteiger partial charge in [0.15, 0.2) is 11.6 Å². The number of anilines is 2. The maximum atomic E-state index is 14.9. The van der Waals surface area contributed by atoms with Gasteiger partial charge in [-0.05, 0) is 42.5 Å². The van der Waals surface area contributed by atoms with Crippen LogP contribution in [0, 0.1) is 17.0 Å². The second-order valence-electron chi connectivity index (χ2n) is 7.97. The van der Waals surface area contributed by atoms with E-state index in [0.29, 0.717) is 10.3 Å². The third-order valence-electron chi connectivity index (χ3n) is 5.35. The van der Waals surface area contributed by atoms with Crippen LogP contribution in [0.5, 0.6) is 11.5 Å². The molecule has 0 unspecified atom stereocenters. The Kier molecular flexibility index (Phi) is 7.72. The summed E-state index contributed by atoms with van der Waals surface area (Å²) in [6.07, 6.45) is 1.26. The van der Waals surface area contributed by atoms with Crippen LogP contribution in [0.4, 0.5) is 20.3 Å². The molecule has 0 bridgehead atoms. The minimum absolute atomic E-state index is 0.0365. The van der Waals surface area contributed by atoms with Crippen LogP contribution in [0.15, 0.2) is 72.9 Å². The fourth-order valence-electron chi connectivity index (χ4n) is 3.52. The minimum atomic E-state index is -0.892. The van der Waals surface area contributed by atoms with Crippen LogP contribution in [-0.4, -0.2) is 39.6 Å². The predicted octanol–water partition coefficient (Wildman–Crippen LogP) is 2.61. The quantitative estimate of drug-likeness (QED) is 0.0913. The minimum Gasteiger partial charge on any atom is -0.453 e. The molecule has 11 nitrogen and oxygen atoms in total. The zero-order valence-electron chi connectivity index (χ0n) is 20.0. The molecule has 0 aliphatic carbocycles. The normalized spacial score (nSPS) is 10.5. The van der Waals surface area contributed by atoms with Gasteiger partial charge in [-0.15, -0.1) is 0 Å². The monoisotopic (exact) mass is 535 g/mol. The van der Waals surface area contributed by atoms with Crippen LogP contribution in [0.1, 0.15) is 16.1 Å². The number of halogens is 2. The Morgan fingerprint density at radius 3 is 2.49 bits per heavy atom. The van der Waals surface area contributed by atoms with Crippen molar-refractivity contribution in [2.45, 2.75) is 0 Å². The lowest BCUT2D eigenvalue weighted by Crippen LogP contribution is -2.41. The maximum Gasteiger partial charge on any atom is 0.325 e. The van der Waals surface area contributed by atoms with Gasteiger partial charge in [0, 0.05) is 40.9 Å². The number of carbonyl (C=O) groups excluding carboxylic acids is 2. The molecule has 198 valence electrons. The first-order valence-electron chi connectivity index (χ1n) is 11.2. The van der Waals surface area contributed by atoms with E-state index in [1.54, 1.807) is 0 Å². The second kappa shape index (κ2) is 11.3. The Hall–Kier alpha value is -5.43. The number of amidine groups is 1. The van der Waals surface area contributed by atoms with E-state index in [-0.39, 0.29) is 40.0 Å². The number of aliphatic hydroxyl groups excluding tert-OH is 1. The number of nitrogen functional groups attached to an aromatic ring is 1. The first kappa shape index (κ1) is 26.6. The van der Waals surface area contributed by atoms with Crippen molar-refractivity contribution in [2.24, 2.45) is 0 Å². The predicted molar refractivity (Wildman–Crippen MR) is 134 cm³/mol. The number of benzene rings is 2. The number of rotatable bonds is 7. The molecule has 2 heterocycles. The van der Waals surface area contributed by atoms with Gasteiger partial charge in [0.2, 0.25) is 0 Å². The van der Waals surface area contributed by atoms with Gasteiger partial charge in [-0.1, -0.05) is 0 Å². The van der Waals surface area contributed by atoms with Crippen molar-refractivity contribution in [2.75, 3.05) is 17.7 Å². The molecule has 2 aromatic heterocycles. The summed E-state index contributed by atoms with van der Waals surface area (Å²) in [6.45, 7) is -0.868. The molecule has 39 heavy (non-hydrogen) atoms. The number of pyridine rings is 2. The molecule has 4 aromatic rings. The highest BCUT2D eigenvalue weighted by atomic mass is 19.1. The average Bonchev–Trinajstić information content (AvgIpc) is 2.90. The highest BCUT2D eigenvalue weighted by molar-refractivity contribution is 6.10. The standard InChI is InChI=1S/C26H20F2N6O5/c27-15-6-4-14(5-7-15)18-2-1-3-19(34(18)38)26(37)32-16-8-9-20(17(28)12-16)39-21-10-11-31-24(29)23(21)25(30)33-22(36)13-35/h1-12,35H,13H2,(H5-,29,30,31,32,33,36,37,38)/p+1. The summed E-state index contributed by atoms with van der Waals surface area (Å²) in [7, 11) is 0. The van der Waals surface area contributed by atoms with E-state index in [1.165, 1.54) is 66.9 Å². The molecule has 0 fully saturated rings. The third kappa shape index (κ3) is 5.94. The highest BCUT2D eigenvalue weighted by Crippen LogP contribution is 2.31. The number of hydrogen-bond donors (Lipinski definition) is 6. The number of aromatic nitrogens is 2. The van der Waals surface area contributed by atoms with E-state index in [1.807, 2.05) is 0 Å². The van der Waals surface area contributed by atoms with Crippen molar-refractivity contribution >= 4 is 29.2 Å². The number of nitrogens with zero attached hydrogens (tertiary/aromatic N) is 2. The largest absolute Gasteiger partial charge is 0.453 e. The summed E-state index contributed by atoms with van der Waals surface area (Å²) in [5.74, 6) is -4.06. The van der Waals surface area contributed by atoms with Gasteiger partial charge in [-0.25, -0.2) is 13.8 Å². The average molecular weight is 535 g/mol. The highest BCUT2D eigenvalue weighted by Gasteiger charge is 2.25. The first-order valence-corrected chi connectivity index (χ1v) is 11.2. The van der Waals surface area contributed by atoms with Crippen LogP contribution < -0.4 is 25.8 Å². The van der Waals surface area contributed by atoms with Crippen LogP contribution >= 0.6 is 0 Å². The van der Waals surface area contributed by atoms with Crippen molar-refractivity contribution in [3.8, 4) is 22.8 Å². The molecule has 0 aliphatic heterocycles. The van der Waals surface area contributed by atoms with Gasteiger partial charge in [0.1, 0.15) is 35.4 Å². The fraction of sp³-hybridized carbons (Fsp3) is 0.0385. The molecular formula is C26H21F2N6O5+. The summed E-state index contributed by atoms with van der Waals surface area (Å²) in [4.78, 5) is 28.1. The van der Waals surface area contributed by atoms with Crippen molar-refractivity contribution in [1.29, 1.82) is 5.41 Å². The molecule has 0 spiro atoms. The molecule has 4 rings (SSSR count). The SMILES string of the molecule is N=C(NC(=O)CO)c1c(Oc2ccc(NC(=O)c3cccc(-c4ccc(F)cc4)[n+]3O)cc2F)ccnc1N. The Morgan fingerprint density at radius 2 is 1.79 bits per heavy atom. The lowest BCUT2D eigenvalue weighted by molar-refractivity contribution is -0.897. The third-order valence-corrected chi connectivity index (χ3v) is 5.35. The number of nitrogens with two attached hydrogens (primary N) is 1. The topological polar surface area (TPSA) is 175 Å². The van der Waals surface area contributed by atoms with Gasteiger partial charge in [0.05, 0.1) is 5.56 Å². The molecule has 2 aromatic carbocycles. The summed E-state index contributed by atoms with van der Waals surface area (Å²) in [5.41, 5.74) is 6.23. The van der Waals surface area contributed by atoms with Crippen molar-refractivity contribution in [3.63, 3.8) is 0 Å². The molecule has 0 saturated heterocycles. The number of amides is 2. The molecule has 2 amide bonds. The number of aliphatic hydroxyl groups is 1. The van der Waals surface area contributed by atoms with Crippen LogP contribution in [0.25, 0.3) is 11.3 Å². The fourth-order valence-corrected chi connectivity index (χ4v) is 3.52. The van der Waals surface area contributed by atoms with Gasteiger partial charge >= 0.3 is 11.6 Å². The zero-order chi connectivity index (χ0) is 28.1. The Bertz CT molecular complexity index is 1580. The van der Waals surface area contributed by atoms with E-state index >= 15 is 0 Å². The smallest absolute Gasteiger partial charge is 0.325 e. The molecular weight excluding hydrogens is 514 g/mol. The van der Waals surface area contributed by atoms with Crippen molar-refractivity contribution in [1.82, 2.24) is 10.3 Å².